The van der Waals surface area contributed by atoms with E-state index in [-0.39, 0.29) is 35.8 Å². The molecule has 0 aromatic heterocycles. The van der Waals surface area contributed by atoms with E-state index in [2.05, 4.69) is 0 Å². The Morgan fingerprint density at radius 2 is 1.92 bits per heavy atom. The lowest BCUT2D eigenvalue weighted by atomic mass is 9.77. The van der Waals surface area contributed by atoms with Crippen molar-refractivity contribution in [3.05, 3.63) is 47.5 Å². The van der Waals surface area contributed by atoms with Gasteiger partial charge in [0.2, 0.25) is 0 Å². The van der Waals surface area contributed by atoms with Crippen molar-refractivity contribution in [2.75, 3.05) is 6.61 Å². The van der Waals surface area contributed by atoms with Crippen molar-refractivity contribution in [1.29, 1.82) is 5.41 Å². The minimum atomic E-state index is -1.29. The molecule has 1 aliphatic carbocycles. The maximum Gasteiger partial charge on any atom is 0.338 e. The number of carbonyl (C=O) groups excluding carboxylic acids is 1. The largest absolute Gasteiger partial charge is 0.510 e. The van der Waals surface area contributed by atoms with Crippen LogP contribution in [0.5, 0.6) is 0 Å². The van der Waals surface area contributed by atoms with E-state index in [0.717, 1.165) is 18.9 Å². The van der Waals surface area contributed by atoms with Crippen molar-refractivity contribution in [1.82, 2.24) is 0 Å². The molecule has 1 heterocycles. The number of hydrogen-bond donors (Lipinski definition) is 3. The van der Waals surface area contributed by atoms with Gasteiger partial charge in [-0.3, -0.25) is 0 Å². The Hall–Kier alpha value is -2.01. The minimum Gasteiger partial charge on any atom is -0.510 e. The molecular weight excluding hydrogens is 330 g/mol. The molecule has 1 aliphatic heterocycles. The van der Waals surface area contributed by atoms with Crippen molar-refractivity contribution in [3.63, 3.8) is 0 Å². The maximum absolute atomic E-state index is 12.4. The van der Waals surface area contributed by atoms with Gasteiger partial charge in [0.15, 0.2) is 0 Å². The zero-order chi connectivity index (χ0) is 17.7. The number of allylic oxidation sites excluding steroid dienone is 5. The summed E-state index contributed by atoms with van der Waals surface area (Å²) in [5, 5.41) is 28.3. The summed E-state index contributed by atoms with van der Waals surface area (Å²) in [4.78, 5) is 11.1. The lowest BCUT2D eigenvalue weighted by molar-refractivity contribution is -0.139. The predicted octanol–water partition coefficient (Wildman–Crippen LogP) is 4.12. The number of ether oxygens (including phenoxy) is 1. The topological polar surface area (TPSA) is 90.6 Å². The van der Waals surface area contributed by atoms with Gasteiger partial charge in [-0.05, 0) is 38.7 Å². The van der Waals surface area contributed by atoms with Crippen molar-refractivity contribution in [3.8, 4) is 0 Å². The van der Waals surface area contributed by atoms with Gasteiger partial charge < -0.3 is 20.4 Å². The first-order valence-electron chi connectivity index (χ1n) is 7.93. The first kappa shape index (κ1) is 18.3. The Morgan fingerprint density at radius 1 is 1.25 bits per heavy atom. The molecule has 0 fully saturated rings. The van der Waals surface area contributed by atoms with Crippen LogP contribution in [0.15, 0.2) is 47.5 Å². The van der Waals surface area contributed by atoms with Gasteiger partial charge in [0.05, 0.1) is 12.2 Å². The fourth-order valence-corrected chi connectivity index (χ4v) is 3.00. The summed E-state index contributed by atoms with van der Waals surface area (Å²) in [5.41, 5.74) is 0.269. The molecule has 0 saturated carbocycles. The van der Waals surface area contributed by atoms with E-state index in [4.69, 9.17) is 21.7 Å². The predicted molar refractivity (Wildman–Crippen MR) is 93.5 cm³/mol. The molecule has 2 aliphatic rings. The van der Waals surface area contributed by atoms with Gasteiger partial charge in [-0.25, -0.2) is 4.79 Å². The number of hydrogen-bond acceptors (Lipinski definition) is 5. The first-order chi connectivity index (χ1) is 11.3. The standard InChI is InChI=1S/C18H22ClNO4/c1-18(19)13-10-12(20)8-6-4-2-3-5-7-9-24-17(23)16(13)14(21)11-15(18)22/h3,5-6,8,11,13,20-22H,2,4,7,9-10H2,1H3/b5-3+,8-6+,20-12?. The summed E-state index contributed by atoms with van der Waals surface area (Å²) in [7, 11) is 0. The van der Waals surface area contributed by atoms with E-state index in [1.54, 1.807) is 13.0 Å². The van der Waals surface area contributed by atoms with Crippen LogP contribution < -0.4 is 0 Å². The number of halogens is 1. The second-order valence-corrected chi connectivity index (χ2v) is 6.85. The molecule has 5 nitrogen and oxygen atoms in total. The minimum absolute atomic E-state index is 0.00416. The number of carbonyl (C=O) groups is 1. The monoisotopic (exact) mass is 351 g/mol. The molecule has 24 heavy (non-hydrogen) atoms. The quantitative estimate of drug-likeness (QED) is 0.348. The summed E-state index contributed by atoms with van der Waals surface area (Å²) in [6.45, 7) is 1.76. The summed E-state index contributed by atoms with van der Waals surface area (Å²) >= 11 is 6.44. The Kier molecular flexibility index (Phi) is 5.89. The zero-order valence-corrected chi connectivity index (χ0v) is 14.3. The zero-order valence-electron chi connectivity index (χ0n) is 13.6. The first-order valence-corrected chi connectivity index (χ1v) is 8.31. The molecule has 130 valence electrons. The van der Waals surface area contributed by atoms with Crippen LogP contribution in [0.2, 0.25) is 0 Å². The molecule has 2 atom stereocenters. The second-order valence-electron chi connectivity index (χ2n) is 6.06. The highest BCUT2D eigenvalue weighted by molar-refractivity contribution is 6.26. The van der Waals surface area contributed by atoms with Crippen LogP contribution in [-0.2, 0) is 9.53 Å². The molecule has 0 bridgehead atoms. The van der Waals surface area contributed by atoms with Gasteiger partial charge in [0, 0.05) is 17.7 Å². The molecule has 3 N–H and O–H groups in total. The average molecular weight is 352 g/mol. The smallest absolute Gasteiger partial charge is 0.338 e. The number of nitrogens with one attached hydrogen (secondary N) is 1. The highest BCUT2D eigenvalue weighted by Gasteiger charge is 2.46. The van der Waals surface area contributed by atoms with E-state index in [0.29, 0.717) is 6.42 Å². The second kappa shape index (κ2) is 7.71. The van der Waals surface area contributed by atoms with Crippen molar-refractivity contribution in [2.24, 2.45) is 5.92 Å². The van der Waals surface area contributed by atoms with Gasteiger partial charge in [0.1, 0.15) is 16.4 Å². The van der Waals surface area contributed by atoms with Crippen LogP contribution in [0.1, 0.15) is 32.6 Å². The molecule has 6 heteroatoms. The Morgan fingerprint density at radius 3 is 2.67 bits per heavy atom. The molecular formula is C18H22ClNO4. The number of alkyl halides is 1. The number of aliphatic hydroxyl groups is 2. The van der Waals surface area contributed by atoms with Crippen molar-refractivity contribution < 1.29 is 19.7 Å². The summed E-state index contributed by atoms with van der Waals surface area (Å²) in [6, 6.07) is 0. The van der Waals surface area contributed by atoms with Crippen LogP contribution in [0, 0.1) is 11.3 Å². The van der Waals surface area contributed by atoms with Crippen LogP contribution in [-0.4, -0.2) is 33.4 Å². The van der Waals surface area contributed by atoms with Crippen molar-refractivity contribution >= 4 is 23.3 Å². The number of fused-ring (bicyclic) bond motifs is 1. The van der Waals surface area contributed by atoms with Gasteiger partial charge in [-0.1, -0.05) is 18.2 Å². The van der Waals surface area contributed by atoms with Crippen LogP contribution in [0.25, 0.3) is 0 Å². The summed E-state index contributed by atoms with van der Waals surface area (Å²) in [6.07, 6.45) is 10.9. The van der Waals surface area contributed by atoms with E-state index < -0.39 is 16.8 Å². The number of cyclic esters (lactones) is 1. The normalized spacial score (nSPS) is 32.2. The van der Waals surface area contributed by atoms with Crippen LogP contribution >= 0.6 is 11.6 Å². The van der Waals surface area contributed by atoms with E-state index >= 15 is 0 Å². The third kappa shape index (κ3) is 4.09. The molecule has 2 rings (SSSR count). The molecule has 0 saturated heterocycles. The van der Waals surface area contributed by atoms with Gasteiger partial charge in [0.25, 0.3) is 0 Å². The van der Waals surface area contributed by atoms with E-state index in [9.17, 15) is 15.0 Å². The fourth-order valence-electron chi connectivity index (χ4n) is 2.76. The van der Waals surface area contributed by atoms with Gasteiger partial charge in [-0.15, -0.1) is 11.6 Å². The highest BCUT2D eigenvalue weighted by atomic mass is 35.5. The van der Waals surface area contributed by atoms with Crippen molar-refractivity contribution in [2.45, 2.75) is 37.5 Å². The SMILES string of the molecule is CC1(Cl)C(O)=CC(O)=C2C(=O)OCC/C=C/CC/C=C/C(=N)CC21. The van der Waals surface area contributed by atoms with Gasteiger partial charge >= 0.3 is 5.97 Å². The molecule has 0 spiro atoms. The Labute approximate surface area is 146 Å². The van der Waals surface area contributed by atoms with Gasteiger partial charge in [-0.2, -0.15) is 0 Å². The Bertz CT molecular complexity index is 643. The van der Waals surface area contributed by atoms with E-state index in [1.807, 2.05) is 18.2 Å². The third-order valence-electron chi connectivity index (χ3n) is 4.20. The molecule has 0 amide bonds. The van der Waals surface area contributed by atoms with E-state index in [1.165, 1.54) is 0 Å². The number of esters is 1. The Balaban J connectivity index is 2.39. The third-order valence-corrected chi connectivity index (χ3v) is 4.66. The lowest BCUT2D eigenvalue weighted by Gasteiger charge is -2.35. The molecule has 0 aromatic rings. The highest BCUT2D eigenvalue weighted by Crippen LogP contribution is 2.43. The molecule has 0 radical (unpaired) electrons. The molecule has 2 unspecified atom stereocenters. The maximum atomic E-state index is 12.4. The summed E-state index contributed by atoms with van der Waals surface area (Å²) in [5.74, 6) is -2.02. The summed E-state index contributed by atoms with van der Waals surface area (Å²) < 4.78 is 5.22. The van der Waals surface area contributed by atoms with Crippen LogP contribution in [0.4, 0.5) is 0 Å². The average Bonchev–Trinajstić information content (AvgIpc) is 2.50. The fraction of sp³-hybridized carbons (Fsp3) is 0.444. The molecule has 0 aromatic carbocycles. The lowest BCUT2D eigenvalue weighted by Crippen LogP contribution is -2.39. The number of rotatable bonds is 0. The van der Waals surface area contributed by atoms with Crippen LogP contribution in [0.3, 0.4) is 0 Å². The number of aliphatic hydroxyl groups excluding tert-OH is 2.